The highest BCUT2D eigenvalue weighted by atomic mass is 32.1. The summed E-state index contributed by atoms with van der Waals surface area (Å²) in [6.07, 6.45) is -0.916. The first-order chi connectivity index (χ1) is 12.2. The topological polar surface area (TPSA) is 113 Å². The van der Waals surface area contributed by atoms with Crippen molar-refractivity contribution < 1.29 is 29.3 Å². The van der Waals surface area contributed by atoms with Crippen LogP contribution in [0, 0.1) is 0 Å². The summed E-state index contributed by atoms with van der Waals surface area (Å²) in [5, 5.41) is 23.4. The van der Waals surface area contributed by atoms with Crippen LogP contribution in [-0.2, 0) is 20.7 Å². The minimum Gasteiger partial charge on any atom is -0.479 e. The fourth-order valence-corrected chi connectivity index (χ4v) is 3.00. The summed E-state index contributed by atoms with van der Waals surface area (Å²) < 4.78 is 5.24. The number of hydrogen-bond acceptors (Lipinski definition) is 5. The van der Waals surface area contributed by atoms with Gasteiger partial charge >= 0.3 is 11.9 Å². The highest BCUT2D eigenvalue weighted by Crippen LogP contribution is 2.23. The van der Waals surface area contributed by atoms with Crippen molar-refractivity contribution in [1.82, 2.24) is 0 Å². The predicted octanol–water partition coefficient (Wildman–Crippen LogP) is 2.88. The number of aliphatic carboxylic acids is 2. The van der Waals surface area contributed by atoms with Crippen LogP contribution in [0.5, 0.6) is 0 Å². The first-order valence-electron chi connectivity index (χ1n) is 7.83. The first-order valence-corrected chi connectivity index (χ1v) is 8.71. The number of carbonyl (C=O) groups is 3. The minimum atomic E-state index is -2.37. The molecule has 0 spiro atoms. The van der Waals surface area contributed by atoms with Crippen molar-refractivity contribution in [3.05, 3.63) is 52.2 Å². The van der Waals surface area contributed by atoms with E-state index < -0.39 is 23.6 Å². The summed E-state index contributed by atoms with van der Waals surface area (Å²) in [5.74, 6) is -3.37. The maximum absolute atomic E-state index is 12.0. The molecule has 0 aliphatic carbocycles. The number of hydrogen-bond donors (Lipinski definition) is 3. The number of amides is 1. The van der Waals surface area contributed by atoms with Crippen molar-refractivity contribution in [3.8, 4) is 0 Å². The van der Waals surface area contributed by atoms with Gasteiger partial charge in [-0.3, -0.25) is 4.79 Å². The van der Waals surface area contributed by atoms with E-state index in [4.69, 9.17) is 4.74 Å². The van der Waals surface area contributed by atoms with Crippen molar-refractivity contribution >= 4 is 34.9 Å². The molecule has 0 saturated carbocycles. The lowest BCUT2D eigenvalue weighted by Gasteiger charge is -2.27. The average molecular weight is 377 g/mol. The van der Waals surface area contributed by atoms with E-state index in [9.17, 15) is 24.6 Å². The van der Waals surface area contributed by atoms with Gasteiger partial charge < -0.3 is 20.3 Å². The minimum absolute atomic E-state index is 0.249. The molecular formula is C18H19NO6S. The lowest BCUT2D eigenvalue weighted by molar-refractivity contribution is -0.188. The summed E-state index contributed by atoms with van der Waals surface area (Å²) in [5.41, 5.74) is -1.38. The second kappa shape index (κ2) is 8.11. The molecule has 0 fully saturated rings. The number of carbonyl (C=O) groups excluding carboxylic acids is 1. The Bertz CT molecular complexity index is 769. The Hall–Kier alpha value is -2.71. The Balaban J connectivity index is 2.16. The molecule has 2 rings (SSSR count). The standard InChI is InChI=1S/C18H19NO6S/c1-11(2)25-18(16(21)22,17(23)24)10-12-5-7-13(8-6-12)19-15(20)14-4-3-9-26-14/h3-9,11H,10H2,1-2H3,(H,19,20)(H,21,22)(H,23,24). The van der Waals surface area contributed by atoms with Gasteiger partial charge in [0.25, 0.3) is 11.5 Å². The molecule has 0 aliphatic rings. The summed E-state index contributed by atoms with van der Waals surface area (Å²) >= 11 is 1.31. The van der Waals surface area contributed by atoms with Gasteiger partial charge in [0.15, 0.2) is 0 Å². The van der Waals surface area contributed by atoms with Crippen molar-refractivity contribution in [2.45, 2.75) is 32.0 Å². The molecule has 1 aromatic carbocycles. The third-order valence-electron chi connectivity index (χ3n) is 3.54. The van der Waals surface area contributed by atoms with Crippen LogP contribution in [0.25, 0.3) is 0 Å². The van der Waals surface area contributed by atoms with Crippen molar-refractivity contribution in [2.24, 2.45) is 0 Å². The average Bonchev–Trinajstić information content (AvgIpc) is 3.09. The molecule has 0 bridgehead atoms. The van der Waals surface area contributed by atoms with Crippen molar-refractivity contribution in [2.75, 3.05) is 5.32 Å². The van der Waals surface area contributed by atoms with Gasteiger partial charge in [0.1, 0.15) is 0 Å². The first kappa shape index (κ1) is 19.6. The third kappa shape index (κ3) is 4.47. The van der Waals surface area contributed by atoms with E-state index in [0.29, 0.717) is 16.1 Å². The summed E-state index contributed by atoms with van der Waals surface area (Å²) in [4.78, 5) is 35.7. The van der Waals surface area contributed by atoms with Crippen LogP contribution in [0.3, 0.4) is 0 Å². The molecule has 0 unspecified atom stereocenters. The number of carboxylic acids is 2. The molecule has 138 valence electrons. The fraction of sp³-hybridized carbons (Fsp3) is 0.278. The normalized spacial score (nSPS) is 11.3. The van der Waals surface area contributed by atoms with E-state index in [-0.39, 0.29) is 12.3 Å². The highest BCUT2D eigenvalue weighted by Gasteiger charge is 2.49. The molecule has 7 nitrogen and oxygen atoms in total. The van der Waals surface area contributed by atoms with E-state index in [0.717, 1.165) is 0 Å². The second-order valence-electron chi connectivity index (χ2n) is 5.91. The molecule has 1 amide bonds. The number of benzene rings is 1. The SMILES string of the molecule is CC(C)OC(Cc1ccc(NC(=O)c2cccs2)cc1)(C(=O)O)C(=O)O. The molecule has 3 N–H and O–H groups in total. The van der Waals surface area contributed by atoms with Crippen LogP contribution < -0.4 is 5.32 Å². The molecule has 26 heavy (non-hydrogen) atoms. The lowest BCUT2D eigenvalue weighted by Crippen LogP contribution is -2.52. The zero-order chi connectivity index (χ0) is 19.3. The van der Waals surface area contributed by atoms with Crippen LogP contribution >= 0.6 is 11.3 Å². The second-order valence-corrected chi connectivity index (χ2v) is 6.86. The summed E-state index contributed by atoms with van der Waals surface area (Å²) in [6, 6.07) is 9.78. The van der Waals surface area contributed by atoms with E-state index in [2.05, 4.69) is 5.32 Å². The predicted molar refractivity (Wildman–Crippen MR) is 96.6 cm³/mol. The van der Waals surface area contributed by atoms with E-state index in [1.807, 2.05) is 0 Å². The number of carboxylic acid groups (broad SMARTS) is 2. The van der Waals surface area contributed by atoms with Crippen LogP contribution in [0.1, 0.15) is 29.1 Å². The molecule has 0 radical (unpaired) electrons. The van der Waals surface area contributed by atoms with E-state index in [1.165, 1.54) is 11.3 Å². The van der Waals surface area contributed by atoms with E-state index in [1.54, 1.807) is 55.6 Å². The number of anilines is 1. The van der Waals surface area contributed by atoms with Gasteiger partial charge in [0.05, 0.1) is 11.0 Å². The smallest absolute Gasteiger partial charge is 0.348 e. The maximum atomic E-state index is 12.0. The van der Waals surface area contributed by atoms with Gasteiger partial charge in [-0.1, -0.05) is 18.2 Å². The van der Waals surface area contributed by atoms with Crippen LogP contribution in [-0.4, -0.2) is 39.8 Å². The quantitative estimate of drug-likeness (QED) is 0.610. The number of rotatable bonds is 8. The number of ether oxygens (including phenoxy) is 1. The van der Waals surface area contributed by atoms with Crippen LogP contribution in [0.4, 0.5) is 5.69 Å². The van der Waals surface area contributed by atoms with Crippen LogP contribution in [0.15, 0.2) is 41.8 Å². The lowest BCUT2D eigenvalue weighted by atomic mass is 9.94. The molecule has 0 saturated heterocycles. The van der Waals surface area contributed by atoms with Crippen molar-refractivity contribution in [1.29, 1.82) is 0 Å². The molecule has 1 aromatic heterocycles. The van der Waals surface area contributed by atoms with Gasteiger partial charge in [-0.15, -0.1) is 11.3 Å². The molecule has 1 heterocycles. The van der Waals surface area contributed by atoms with Gasteiger partial charge in [0.2, 0.25) is 0 Å². The Morgan fingerprint density at radius 3 is 2.19 bits per heavy atom. The van der Waals surface area contributed by atoms with Crippen molar-refractivity contribution in [3.63, 3.8) is 0 Å². The fourth-order valence-electron chi connectivity index (χ4n) is 2.38. The van der Waals surface area contributed by atoms with Gasteiger partial charge in [-0.25, -0.2) is 9.59 Å². The summed E-state index contributed by atoms with van der Waals surface area (Å²) in [6.45, 7) is 3.15. The maximum Gasteiger partial charge on any atom is 0.348 e. The molecular weight excluding hydrogens is 358 g/mol. The Kier molecular flexibility index (Phi) is 6.12. The Labute approximate surface area is 154 Å². The third-order valence-corrected chi connectivity index (χ3v) is 4.41. The Morgan fingerprint density at radius 2 is 1.73 bits per heavy atom. The van der Waals surface area contributed by atoms with Gasteiger partial charge in [0, 0.05) is 12.1 Å². The molecule has 0 atom stereocenters. The molecule has 8 heteroatoms. The largest absolute Gasteiger partial charge is 0.479 e. The molecule has 0 aliphatic heterocycles. The van der Waals surface area contributed by atoms with Crippen LogP contribution in [0.2, 0.25) is 0 Å². The zero-order valence-electron chi connectivity index (χ0n) is 14.3. The number of nitrogens with one attached hydrogen (secondary N) is 1. The van der Waals surface area contributed by atoms with Gasteiger partial charge in [-0.2, -0.15) is 0 Å². The zero-order valence-corrected chi connectivity index (χ0v) is 15.1. The monoisotopic (exact) mass is 377 g/mol. The van der Waals surface area contributed by atoms with Gasteiger partial charge in [-0.05, 0) is 43.0 Å². The Morgan fingerprint density at radius 1 is 1.12 bits per heavy atom. The number of thiophene rings is 1. The summed E-state index contributed by atoms with van der Waals surface area (Å²) in [7, 11) is 0. The highest BCUT2D eigenvalue weighted by molar-refractivity contribution is 7.12. The van der Waals surface area contributed by atoms with E-state index >= 15 is 0 Å². The molecule has 2 aromatic rings.